The molecule has 118 valence electrons. The third kappa shape index (κ3) is 3.02. The lowest BCUT2D eigenvalue weighted by atomic mass is 10.0. The molecule has 22 heavy (non-hydrogen) atoms. The van der Waals surface area contributed by atoms with Gasteiger partial charge in [0.05, 0.1) is 25.1 Å². The topological polar surface area (TPSA) is 37.4 Å². The van der Waals surface area contributed by atoms with Gasteiger partial charge in [0.25, 0.3) is 0 Å². The maximum absolute atomic E-state index is 5.47. The molecule has 0 unspecified atom stereocenters. The Morgan fingerprint density at radius 2 is 2.05 bits per heavy atom. The Bertz CT molecular complexity index is 636. The highest BCUT2D eigenvalue weighted by atomic mass is 16.5. The summed E-state index contributed by atoms with van der Waals surface area (Å²) in [5.74, 6) is 1.09. The summed E-state index contributed by atoms with van der Waals surface area (Å²) < 4.78 is 5.47. The van der Waals surface area contributed by atoms with Gasteiger partial charge in [-0.25, -0.2) is 4.98 Å². The number of benzene rings is 1. The van der Waals surface area contributed by atoms with Gasteiger partial charge in [0.15, 0.2) is 0 Å². The molecule has 0 atom stereocenters. The van der Waals surface area contributed by atoms with Crippen LogP contribution >= 0.6 is 0 Å². The molecular weight excluding hydrogens is 274 g/mol. The van der Waals surface area contributed by atoms with Gasteiger partial charge >= 0.3 is 0 Å². The number of nitrogens with one attached hydrogen (secondary N) is 1. The number of aryl methyl sites for hydroxylation is 1. The number of rotatable bonds is 5. The molecule has 1 fully saturated rings. The van der Waals surface area contributed by atoms with E-state index < -0.39 is 0 Å². The molecule has 1 saturated heterocycles. The van der Waals surface area contributed by atoms with E-state index in [-0.39, 0.29) is 0 Å². The summed E-state index contributed by atoms with van der Waals surface area (Å²) in [5, 5.41) is 5.76. The highest BCUT2D eigenvalue weighted by molar-refractivity contribution is 6.00. The molecule has 2 heterocycles. The lowest BCUT2D eigenvalue weighted by molar-refractivity contribution is 0.122. The number of unbranched alkanes of at least 4 members (excludes halogenated alkanes) is 1. The van der Waals surface area contributed by atoms with E-state index in [0.717, 1.165) is 44.2 Å². The van der Waals surface area contributed by atoms with Crippen LogP contribution in [0.4, 0.5) is 11.5 Å². The van der Waals surface area contributed by atoms with Crippen molar-refractivity contribution >= 4 is 22.3 Å². The molecule has 1 aromatic carbocycles. The minimum absolute atomic E-state index is 0.784. The summed E-state index contributed by atoms with van der Waals surface area (Å²) in [4.78, 5) is 7.07. The number of morpholine rings is 1. The van der Waals surface area contributed by atoms with Gasteiger partial charge in [0.1, 0.15) is 5.82 Å². The average molecular weight is 299 g/mol. The zero-order valence-corrected chi connectivity index (χ0v) is 13.6. The Morgan fingerprint density at radius 3 is 2.77 bits per heavy atom. The third-order valence-corrected chi connectivity index (χ3v) is 4.33. The highest BCUT2D eigenvalue weighted by Gasteiger charge is 2.16. The lowest BCUT2D eigenvalue weighted by Gasteiger charge is -2.29. The molecular formula is C18H25N3O. The van der Waals surface area contributed by atoms with E-state index in [9.17, 15) is 0 Å². The lowest BCUT2D eigenvalue weighted by Crippen LogP contribution is -2.36. The zero-order valence-electron chi connectivity index (χ0n) is 13.6. The van der Waals surface area contributed by atoms with Gasteiger partial charge in [-0.1, -0.05) is 25.5 Å². The van der Waals surface area contributed by atoms with Crippen LogP contribution in [0.2, 0.25) is 0 Å². The maximum atomic E-state index is 5.47. The van der Waals surface area contributed by atoms with Gasteiger partial charge in [-0.3, -0.25) is 0 Å². The molecule has 0 bridgehead atoms. The Kier molecular flexibility index (Phi) is 4.78. The largest absolute Gasteiger partial charge is 0.386 e. The van der Waals surface area contributed by atoms with Crippen molar-refractivity contribution in [2.45, 2.75) is 26.2 Å². The minimum Gasteiger partial charge on any atom is -0.386 e. The van der Waals surface area contributed by atoms with Gasteiger partial charge in [-0.15, -0.1) is 0 Å². The van der Waals surface area contributed by atoms with E-state index in [0.29, 0.717) is 0 Å². The number of fused-ring (bicyclic) bond motifs is 1. The van der Waals surface area contributed by atoms with Crippen LogP contribution in [0, 0.1) is 0 Å². The Balaban J connectivity index is 2.05. The molecule has 4 heteroatoms. The van der Waals surface area contributed by atoms with Crippen molar-refractivity contribution in [1.29, 1.82) is 0 Å². The van der Waals surface area contributed by atoms with E-state index in [1.54, 1.807) is 0 Å². The van der Waals surface area contributed by atoms with E-state index in [4.69, 9.17) is 9.72 Å². The number of hydrogen-bond donors (Lipinski definition) is 1. The van der Waals surface area contributed by atoms with Crippen LogP contribution in [0.3, 0.4) is 0 Å². The molecule has 1 aliphatic rings. The first-order valence-electron chi connectivity index (χ1n) is 8.25. The molecule has 0 amide bonds. The fourth-order valence-corrected chi connectivity index (χ4v) is 3.04. The SMILES string of the molecule is CCCCc1ccc2c(NC)cnc(N3CCOCC3)c2c1. The molecule has 2 aromatic rings. The molecule has 1 aliphatic heterocycles. The second kappa shape index (κ2) is 6.97. The standard InChI is InChI=1S/C18H25N3O/c1-3-4-5-14-6-7-15-16(12-14)18(20-13-17(15)19-2)21-8-10-22-11-9-21/h6-7,12-13,19H,3-5,8-11H2,1-2H3. The Hall–Kier alpha value is -1.81. The van der Waals surface area contributed by atoms with Crippen molar-refractivity contribution in [1.82, 2.24) is 4.98 Å². The first-order valence-corrected chi connectivity index (χ1v) is 8.25. The average Bonchev–Trinajstić information content (AvgIpc) is 2.59. The molecule has 0 saturated carbocycles. The van der Waals surface area contributed by atoms with Crippen LogP contribution < -0.4 is 10.2 Å². The Morgan fingerprint density at radius 1 is 1.23 bits per heavy atom. The van der Waals surface area contributed by atoms with Crippen LogP contribution in [0.5, 0.6) is 0 Å². The second-order valence-corrected chi connectivity index (χ2v) is 5.83. The molecule has 3 rings (SSSR count). The van der Waals surface area contributed by atoms with Gasteiger partial charge in [-0.2, -0.15) is 0 Å². The smallest absolute Gasteiger partial charge is 0.136 e. The number of pyridine rings is 1. The van der Waals surface area contributed by atoms with Crippen molar-refractivity contribution in [2.75, 3.05) is 43.6 Å². The van der Waals surface area contributed by atoms with Crippen LogP contribution in [0.1, 0.15) is 25.3 Å². The van der Waals surface area contributed by atoms with Crippen LogP contribution in [0.25, 0.3) is 10.8 Å². The molecule has 4 nitrogen and oxygen atoms in total. The summed E-state index contributed by atoms with van der Waals surface area (Å²) in [6.45, 7) is 5.64. The van der Waals surface area contributed by atoms with Gasteiger partial charge < -0.3 is 15.0 Å². The number of ether oxygens (including phenoxy) is 1. The van der Waals surface area contributed by atoms with Crippen molar-refractivity contribution in [3.05, 3.63) is 30.0 Å². The molecule has 1 N–H and O–H groups in total. The van der Waals surface area contributed by atoms with Crippen molar-refractivity contribution in [2.24, 2.45) is 0 Å². The third-order valence-electron chi connectivity index (χ3n) is 4.33. The van der Waals surface area contributed by atoms with E-state index in [2.05, 4.69) is 35.3 Å². The summed E-state index contributed by atoms with van der Waals surface area (Å²) in [5.41, 5.74) is 2.49. The fourth-order valence-electron chi connectivity index (χ4n) is 3.04. The minimum atomic E-state index is 0.784. The quantitative estimate of drug-likeness (QED) is 0.917. The normalized spacial score (nSPS) is 15.3. The summed E-state index contributed by atoms with van der Waals surface area (Å²) >= 11 is 0. The van der Waals surface area contributed by atoms with E-state index in [1.165, 1.54) is 29.2 Å². The van der Waals surface area contributed by atoms with Crippen molar-refractivity contribution in [3.63, 3.8) is 0 Å². The summed E-state index contributed by atoms with van der Waals surface area (Å²) in [6, 6.07) is 6.81. The number of aromatic nitrogens is 1. The fraction of sp³-hybridized carbons (Fsp3) is 0.500. The van der Waals surface area contributed by atoms with Gasteiger partial charge in [-0.05, 0) is 24.5 Å². The second-order valence-electron chi connectivity index (χ2n) is 5.83. The molecule has 0 spiro atoms. The predicted octanol–water partition coefficient (Wildman–Crippen LogP) is 3.46. The van der Waals surface area contributed by atoms with Gasteiger partial charge in [0, 0.05) is 30.9 Å². The van der Waals surface area contributed by atoms with Crippen molar-refractivity contribution < 1.29 is 4.74 Å². The van der Waals surface area contributed by atoms with E-state index in [1.807, 2.05) is 13.2 Å². The summed E-state index contributed by atoms with van der Waals surface area (Å²) in [6.07, 6.45) is 5.54. The number of hydrogen-bond acceptors (Lipinski definition) is 4. The van der Waals surface area contributed by atoms with Crippen LogP contribution in [-0.2, 0) is 11.2 Å². The number of nitrogens with zero attached hydrogens (tertiary/aromatic N) is 2. The maximum Gasteiger partial charge on any atom is 0.136 e. The zero-order chi connectivity index (χ0) is 15.4. The van der Waals surface area contributed by atoms with Crippen LogP contribution in [0.15, 0.2) is 24.4 Å². The number of anilines is 2. The van der Waals surface area contributed by atoms with E-state index >= 15 is 0 Å². The van der Waals surface area contributed by atoms with Crippen molar-refractivity contribution in [3.8, 4) is 0 Å². The molecule has 1 aromatic heterocycles. The molecule has 0 aliphatic carbocycles. The van der Waals surface area contributed by atoms with Crippen LogP contribution in [-0.4, -0.2) is 38.3 Å². The first-order chi connectivity index (χ1) is 10.8. The Labute approximate surface area is 132 Å². The first kappa shape index (κ1) is 15.1. The monoisotopic (exact) mass is 299 g/mol. The van der Waals surface area contributed by atoms with Gasteiger partial charge in [0.2, 0.25) is 0 Å². The molecule has 0 radical (unpaired) electrons. The highest BCUT2D eigenvalue weighted by Crippen LogP contribution is 2.31. The predicted molar refractivity (Wildman–Crippen MR) is 92.9 cm³/mol. The summed E-state index contributed by atoms with van der Waals surface area (Å²) in [7, 11) is 1.95.